The average molecular weight is 299 g/mol. The van der Waals surface area contributed by atoms with Crippen molar-refractivity contribution in [1.29, 1.82) is 0 Å². The van der Waals surface area contributed by atoms with Crippen LogP contribution in [0.2, 0.25) is 5.02 Å². The maximum absolute atomic E-state index is 13.3. The van der Waals surface area contributed by atoms with Gasteiger partial charge in [-0.15, -0.1) is 0 Å². The van der Waals surface area contributed by atoms with Gasteiger partial charge >= 0.3 is 0 Å². The van der Waals surface area contributed by atoms with Gasteiger partial charge in [-0.2, -0.15) is 0 Å². The molecule has 0 saturated heterocycles. The molecule has 5 heteroatoms. The van der Waals surface area contributed by atoms with Crippen molar-refractivity contribution in [2.75, 3.05) is 0 Å². The molecule has 106 valence electrons. The summed E-state index contributed by atoms with van der Waals surface area (Å²) in [5.74, 6) is -0.651. The van der Waals surface area contributed by atoms with Crippen molar-refractivity contribution >= 4 is 11.6 Å². The van der Waals surface area contributed by atoms with Crippen molar-refractivity contribution in [2.24, 2.45) is 0 Å². The summed E-state index contributed by atoms with van der Waals surface area (Å²) in [6, 6.07) is 8.27. The minimum atomic E-state index is -0.872. The summed E-state index contributed by atoms with van der Waals surface area (Å²) in [5, 5.41) is 9.59. The Balaban J connectivity index is 2.21. The first-order chi connectivity index (χ1) is 9.49. The van der Waals surface area contributed by atoms with Gasteiger partial charge in [0, 0.05) is 11.1 Å². The zero-order chi connectivity index (χ0) is 14.7. The van der Waals surface area contributed by atoms with Gasteiger partial charge in [-0.25, -0.2) is 8.78 Å². The number of rotatable bonds is 4. The van der Waals surface area contributed by atoms with E-state index < -0.39 is 17.7 Å². The molecule has 2 aromatic rings. The molecule has 0 bridgehead atoms. The highest BCUT2D eigenvalue weighted by molar-refractivity contribution is 6.31. The molecule has 1 atom stereocenters. The second kappa shape index (κ2) is 6.20. The lowest BCUT2D eigenvalue weighted by Crippen LogP contribution is -2.02. The third kappa shape index (κ3) is 3.26. The highest BCUT2D eigenvalue weighted by Crippen LogP contribution is 2.28. The summed E-state index contributed by atoms with van der Waals surface area (Å²) in [4.78, 5) is 0. The van der Waals surface area contributed by atoms with Gasteiger partial charge in [0.2, 0.25) is 0 Å². The maximum Gasteiger partial charge on any atom is 0.142 e. The first kappa shape index (κ1) is 14.8. The average Bonchev–Trinajstić information content (AvgIpc) is 2.41. The Hall–Kier alpha value is -1.65. The number of aliphatic hydroxyl groups excluding tert-OH is 1. The van der Waals surface area contributed by atoms with Crippen LogP contribution in [-0.2, 0) is 6.61 Å². The van der Waals surface area contributed by atoms with Crippen molar-refractivity contribution in [3.05, 3.63) is 64.2 Å². The van der Waals surface area contributed by atoms with Gasteiger partial charge in [-0.05, 0) is 31.2 Å². The molecule has 0 aromatic heterocycles. The lowest BCUT2D eigenvalue weighted by Gasteiger charge is -2.14. The molecule has 0 aliphatic rings. The lowest BCUT2D eigenvalue weighted by molar-refractivity contribution is 0.189. The third-order valence-electron chi connectivity index (χ3n) is 2.84. The minimum absolute atomic E-state index is 0.00629. The van der Waals surface area contributed by atoms with E-state index in [4.69, 9.17) is 16.3 Å². The highest BCUT2D eigenvalue weighted by atomic mass is 35.5. The van der Waals surface area contributed by atoms with Gasteiger partial charge in [0.05, 0.1) is 11.1 Å². The second-order valence-corrected chi connectivity index (χ2v) is 4.74. The summed E-state index contributed by atoms with van der Waals surface area (Å²) in [7, 11) is 0. The summed E-state index contributed by atoms with van der Waals surface area (Å²) in [6.45, 7) is 1.54. The molecule has 0 aliphatic heterocycles. The Kier molecular flexibility index (Phi) is 4.57. The van der Waals surface area contributed by atoms with Crippen LogP contribution in [0.3, 0.4) is 0 Å². The molecule has 0 heterocycles. The van der Waals surface area contributed by atoms with Crippen molar-refractivity contribution in [1.82, 2.24) is 0 Å². The van der Waals surface area contributed by atoms with Crippen molar-refractivity contribution in [2.45, 2.75) is 19.6 Å². The predicted octanol–water partition coefficient (Wildman–Crippen LogP) is 4.25. The highest BCUT2D eigenvalue weighted by Gasteiger charge is 2.12. The standard InChI is InChI=1S/C15H13ClF2O2/c1-9(19)12-7-11(17)5-6-14(12)20-8-10-3-2-4-13(18)15(10)16/h2-7,9,19H,8H2,1H3/t9-/m0/s1. The molecular formula is C15H13ClF2O2. The molecule has 1 N–H and O–H groups in total. The van der Waals surface area contributed by atoms with Crippen molar-refractivity contribution in [3.8, 4) is 5.75 Å². The summed E-state index contributed by atoms with van der Waals surface area (Å²) in [5.41, 5.74) is 0.810. The molecule has 2 aromatic carbocycles. The van der Waals surface area contributed by atoms with Gasteiger partial charge in [0.1, 0.15) is 24.0 Å². The topological polar surface area (TPSA) is 29.5 Å². The Bertz CT molecular complexity index is 615. The number of hydrogen-bond acceptors (Lipinski definition) is 2. The first-order valence-corrected chi connectivity index (χ1v) is 6.40. The van der Waals surface area contributed by atoms with Crippen LogP contribution in [-0.4, -0.2) is 5.11 Å². The molecule has 0 spiro atoms. The van der Waals surface area contributed by atoms with Crippen LogP contribution in [0.1, 0.15) is 24.2 Å². The Morgan fingerprint density at radius 3 is 2.70 bits per heavy atom. The molecule has 0 amide bonds. The molecule has 2 nitrogen and oxygen atoms in total. The zero-order valence-corrected chi connectivity index (χ0v) is 11.5. The van der Waals surface area contributed by atoms with Gasteiger partial charge in [-0.1, -0.05) is 23.7 Å². The fraction of sp³-hybridized carbons (Fsp3) is 0.200. The number of hydrogen-bond donors (Lipinski definition) is 1. The fourth-order valence-electron chi connectivity index (χ4n) is 1.79. The fourth-order valence-corrected chi connectivity index (χ4v) is 1.97. The van der Waals surface area contributed by atoms with Gasteiger partial charge < -0.3 is 9.84 Å². The monoisotopic (exact) mass is 298 g/mol. The molecule has 0 unspecified atom stereocenters. The van der Waals surface area contributed by atoms with Crippen LogP contribution < -0.4 is 4.74 Å². The van der Waals surface area contributed by atoms with E-state index in [9.17, 15) is 13.9 Å². The van der Waals surface area contributed by atoms with Crippen LogP contribution >= 0.6 is 11.6 Å². The SMILES string of the molecule is C[C@H](O)c1cc(F)ccc1OCc1cccc(F)c1Cl. The van der Waals surface area contributed by atoms with E-state index >= 15 is 0 Å². The van der Waals surface area contributed by atoms with E-state index in [1.165, 1.54) is 37.3 Å². The van der Waals surface area contributed by atoms with Crippen LogP contribution in [0.25, 0.3) is 0 Å². The minimum Gasteiger partial charge on any atom is -0.488 e. The third-order valence-corrected chi connectivity index (χ3v) is 3.26. The van der Waals surface area contributed by atoms with Crippen molar-refractivity contribution < 1.29 is 18.6 Å². The second-order valence-electron chi connectivity index (χ2n) is 4.36. The van der Waals surface area contributed by atoms with E-state index in [0.717, 1.165) is 0 Å². The van der Waals surface area contributed by atoms with Crippen LogP contribution in [0, 0.1) is 11.6 Å². The van der Waals surface area contributed by atoms with Crippen LogP contribution in [0.4, 0.5) is 8.78 Å². The molecule has 20 heavy (non-hydrogen) atoms. The van der Waals surface area contributed by atoms with E-state index in [2.05, 4.69) is 0 Å². The maximum atomic E-state index is 13.3. The zero-order valence-electron chi connectivity index (χ0n) is 10.7. The quantitative estimate of drug-likeness (QED) is 0.914. The first-order valence-electron chi connectivity index (χ1n) is 6.02. The summed E-state index contributed by atoms with van der Waals surface area (Å²) < 4.78 is 31.9. The Morgan fingerprint density at radius 1 is 1.25 bits per heavy atom. The molecule has 0 aliphatic carbocycles. The number of halogens is 3. The normalized spacial score (nSPS) is 12.2. The predicted molar refractivity (Wildman–Crippen MR) is 72.8 cm³/mol. The molecule has 0 fully saturated rings. The number of aliphatic hydroxyl groups is 1. The van der Waals surface area contributed by atoms with Crippen molar-refractivity contribution in [3.63, 3.8) is 0 Å². The van der Waals surface area contributed by atoms with Gasteiger partial charge in [0.25, 0.3) is 0 Å². The largest absolute Gasteiger partial charge is 0.488 e. The van der Waals surface area contributed by atoms with E-state index in [1.807, 2.05) is 0 Å². The Labute approximate surface area is 120 Å². The van der Waals surface area contributed by atoms with Gasteiger partial charge in [-0.3, -0.25) is 0 Å². The Morgan fingerprint density at radius 2 is 2.00 bits per heavy atom. The number of ether oxygens (including phenoxy) is 1. The van der Waals surface area contributed by atoms with E-state index in [-0.39, 0.29) is 11.6 Å². The molecule has 0 radical (unpaired) electrons. The van der Waals surface area contributed by atoms with Crippen LogP contribution in [0.15, 0.2) is 36.4 Å². The summed E-state index contributed by atoms with van der Waals surface area (Å²) in [6.07, 6.45) is -0.872. The molecular weight excluding hydrogens is 286 g/mol. The number of benzene rings is 2. The summed E-state index contributed by atoms with van der Waals surface area (Å²) >= 11 is 5.82. The van der Waals surface area contributed by atoms with Gasteiger partial charge in [0.15, 0.2) is 0 Å². The molecule has 2 rings (SSSR count). The smallest absolute Gasteiger partial charge is 0.142 e. The molecule has 0 saturated carbocycles. The van der Waals surface area contributed by atoms with E-state index in [1.54, 1.807) is 6.07 Å². The van der Waals surface area contributed by atoms with E-state index in [0.29, 0.717) is 16.9 Å². The van der Waals surface area contributed by atoms with Crippen LogP contribution in [0.5, 0.6) is 5.75 Å². The lowest BCUT2D eigenvalue weighted by atomic mass is 10.1.